The Morgan fingerprint density at radius 3 is 1.95 bits per heavy atom. The first-order chi connectivity index (χ1) is 9.23. The topological polar surface area (TPSA) is 74.6 Å². The van der Waals surface area contributed by atoms with Crippen LogP contribution in [-0.2, 0) is 9.84 Å². The lowest BCUT2D eigenvalue weighted by Gasteiger charge is -2.11. The molecule has 2 aromatic rings. The number of phenols is 2. The summed E-state index contributed by atoms with van der Waals surface area (Å²) >= 11 is 0. The van der Waals surface area contributed by atoms with Gasteiger partial charge in [0.1, 0.15) is 21.3 Å². The molecular formula is C15H16O4S. The molecule has 0 aliphatic carbocycles. The molecule has 0 saturated heterocycles. The van der Waals surface area contributed by atoms with E-state index in [1.165, 1.54) is 24.3 Å². The summed E-state index contributed by atoms with van der Waals surface area (Å²) in [5.74, 6) is -0.629. The van der Waals surface area contributed by atoms with E-state index in [4.69, 9.17) is 0 Å². The lowest BCUT2D eigenvalue weighted by atomic mass is 10.1. The Balaban J connectivity index is 2.70. The van der Waals surface area contributed by atoms with Gasteiger partial charge in [0.25, 0.3) is 0 Å². The van der Waals surface area contributed by atoms with E-state index in [9.17, 15) is 18.6 Å². The number of aromatic hydroxyl groups is 2. The second-order valence-electron chi connectivity index (χ2n) is 4.88. The van der Waals surface area contributed by atoms with Crippen LogP contribution in [0.15, 0.2) is 40.1 Å². The number of hydrogen-bond donors (Lipinski definition) is 2. The predicted molar refractivity (Wildman–Crippen MR) is 75.9 cm³/mol. The Morgan fingerprint density at radius 1 is 0.800 bits per heavy atom. The summed E-state index contributed by atoms with van der Waals surface area (Å²) in [5.41, 5.74) is 2.31. The van der Waals surface area contributed by atoms with Crippen LogP contribution in [-0.4, -0.2) is 18.6 Å². The molecule has 2 N–H and O–H groups in total. The van der Waals surface area contributed by atoms with Gasteiger partial charge in [0.2, 0.25) is 9.84 Å². The largest absolute Gasteiger partial charge is 0.507 e. The Kier molecular flexibility index (Phi) is 3.48. The summed E-state index contributed by atoms with van der Waals surface area (Å²) in [6.45, 7) is 5.31. The van der Waals surface area contributed by atoms with Gasteiger partial charge in [-0.3, -0.25) is 0 Å². The Labute approximate surface area is 118 Å². The van der Waals surface area contributed by atoms with Crippen molar-refractivity contribution in [1.29, 1.82) is 0 Å². The van der Waals surface area contributed by atoms with E-state index in [1.54, 1.807) is 26.8 Å². The fourth-order valence-electron chi connectivity index (χ4n) is 1.96. The number of benzene rings is 2. The minimum absolute atomic E-state index is 0.195. The van der Waals surface area contributed by atoms with Gasteiger partial charge in [-0.15, -0.1) is 0 Å². The van der Waals surface area contributed by atoms with Gasteiger partial charge in [-0.05, 0) is 61.7 Å². The SMILES string of the molecule is Cc1ccc(S(=O)(=O)c2cc(C)c(C)cc2O)c(O)c1. The first-order valence-corrected chi connectivity index (χ1v) is 7.56. The van der Waals surface area contributed by atoms with Gasteiger partial charge >= 0.3 is 0 Å². The van der Waals surface area contributed by atoms with E-state index >= 15 is 0 Å². The molecule has 0 atom stereocenters. The minimum Gasteiger partial charge on any atom is -0.507 e. The fraction of sp³-hybridized carbons (Fsp3) is 0.200. The van der Waals surface area contributed by atoms with E-state index in [0.717, 1.165) is 16.7 Å². The Morgan fingerprint density at radius 2 is 1.35 bits per heavy atom. The van der Waals surface area contributed by atoms with Crippen LogP contribution in [0.1, 0.15) is 16.7 Å². The summed E-state index contributed by atoms with van der Waals surface area (Å²) in [5, 5.41) is 19.7. The van der Waals surface area contributed by atoms with Crippen molar-refractivity contribution in [2.75, 3.05) is 0 Å². The molecule has 5 heteroatoms. The third-order valence-corrected chi connectivity index (χ3v) is 5.10. The third kappa shape index (κ3) is 2.36. The van der Waals surface area contributed by atoms with Gasteiger partial charge in [-0.2, -0.15) is 0 Å². The van der Waals surface area contributed by atoms with E-state index in [-0.39, 0.29) is 21.3 Å². The van der Waals surface area contributed by atoms with E-state index in [2.05, 4.69) is 0 Å². The zero-order valence-electron chi connectivity index (χ0n) is 11.5. The maximum Gasteiger partial charge on any atom is 0.213 e. The van der Waals surface area contributed by atoms with E-state index in [1.807, 2.05) is 0 Å². The van der Waals surface area contributed by atoms with Crippen molar-refractivity contribution in [1.82, 2.24) is 0 Å². The molecule has 20 heavy (non-hydrogen) atoms. The number of phenolic OH excluding ortho intramolecular Hbond substituents is 2. The highest BCUT2D eigenvalue weighted by Gasteiger charge is 2.25. The van der Waals surface area contributed by atoms with Crippen LogP contribution < -0.4 is 0 Å². The smallest absolute Gasteiger partial charge is 0.213 e. The van der Waals surface area contributed by atoms with Crippen LogP contribution >= 0.6 is 0 Å². The first-order valence-electron chi connectivity index (χ1n) is 6.08. The molecule has 0 amide bonds. The van der Waals surface area contributed by atoms with E-state index in [0.29, 0.717) is 0 Å². The highest BCUT2D eigenvalue weighted by molar-refractivity contribution is 7.91. The maximum absolute atomic E-state index is 12.5. The molecule has 0 aliphatic heterocycles. The van der Waals surface area contributed by atoms with Crippen LogP contribution in [0.3, 0.4) is 0 Å². The predicted octanol–water partition coefficient (Wildman–Crippen LogP) is 2.86. The summed E-state index contributed by atoms with van der Waals surface area (Å²) in [6.07, 6.45) is 0. The normalized spacial score (nSPS) is 11.6. The molecular weight excluding hydrogens is 276 g/mol. The molecule has 0 aromatic heterocycles. The summed E-state index contributed by atoms with van der Waals surface area (Å²) < 4.78 is 25.1. The summed E-state index contributed by atoms with van der Waals surface area (Å²) in [7, 11) is -3.96. The zero-order valence-corrected chi connectivity index (χ0v) is 12.3. The first kappa shape index (κ1) is 14.4. The molecule has 0 fully saturated rings. The molecule has 4 nitrogen and oxygen atoms in total. The molecule has 0 spiro atoms. The minimum atomic E-state index is -3.96. The second-order valence-corrected chi connectivity index (χ2v) is 6.77. The number of sulfone groups is 1. The lowest BCUT2D eigenvalue weighted by Crippen LogP contribution is -2.04. The van der Waals surface area contributed by atoms with Gasteiger partial charge in [0.15, 0.2) is 0 Å². The summed E-state index contributed by atoms with van der Waals surface area (Å²) in [6, 6.07) is 7.15. The van der Waals surface area contributed by atoms with Gasteiger partial charge < -0.3 is 10.2 Å². The molecule has 0 aliphatic rings. The molecule has 0 unspecified atom stereocenters. The van der Waals surface area contributed by atoms with E-state index < -0.39 is 9.84 Å². The summed E-state index contributed by atoms with van der Waals surface area (Å²) in [4.78, 5) is -0.401. The van der Waals surface area contributed by atoms with Crippen molar-refractivity contribution in [3.05, 3.63) is 47.0 Å². The van der Waals surface area contributed by atoms with Crippen LogP contribution in [0.5, 0.6) is 11.5 Å². The molecule has 0 heterocycles. The van der Waals surface area contributed by atoms with Crippen molar-refractivity contribution in [2.24, 2.45) is 0 Å². The molecule has 0 radical (unpaired) electrons. The van der Waals surface area contributed by atoms with Gasteiger partial charge in [0.05, 0.1) is 0 Å². The fourth-order valence-corrected chi connectivity index (χ4v) is 3.45. The molecule has 106 valence electrons. The monoisotopic (exact) mass is 292 g/mol. The molecule has 0 saturated carbocycles. The number of rotatable bonds is 2. The number of aryl methyl sites for hydroxylation is 3. The van der Waals surface area contributed by atoms with Gasteiger partial charge in [-0.1, -0.05) is 6.07 Å². The Hall–Kier alpha value is -2.01. The zero-order chi connectivity index (χ0) is 15.1. The lowest BCUT2D eigenvalue weighted by molar-refractivity contribution is 0.452. The average molecular weight is 292 g/mol. The molecule has 0 bridgehead atoms. The van der Waals surface area contributed by atoms with Crippen LogP contribution in [0.4, 0.5) is 0 Å². The van der Waals surface area contributed by atoms with Crippen molar-refractivity contribution in [3.8, 4) is 11.5 Å². The molecule has 2 aromatic carbocycles. The average Bonchev–Trinajstić information content (AvgIpc) is 2.33. The number of hydrogen-bond acceptors (Lipinski definition) is 4. The quantitative estimate of drug-likeness (QED) is 0.892. The highest BCUT2D eigenvalue weighted by Crippen LogP contribution is 2.35. The van der Waals surface area contributed by atoms with Crippen LogP contribution in [0, 0.1) is 20.8 Å². The van der Waals surface area contributed by atoms with Gasteiger partial charge in [0, 0.05) is 0 Å². The van der Waals surface area contributed by atoms with Crippen molar-refractivity contribution in [2.45, 2.75) is 30.6 Å². The standard InChI is InChI=1S/C15H16O4S/c1-9-4-5-14(12(16)6-9)20(18,19)15-8-11(3)10(2)7-13(15)17/h4-8,16-17H,1-3H3. The van der Waals surface area contributed by atoms with Crippen LogP contribution in [0.2, 0.25) is 0 Å². The Bertz CT molecular complexity index is 777. The second kappa shape index (κ2) is 4.83. The van der Waals surface area contributed by atoms with Crippen molar-refractivity contribution in [3.63, 3.8) is 0 Å². The highest BCUT2D eigenvalue weighted by atomic mass is 32.2. The van der Waals surface area contributed by atoms with Crippen LogP contribution in [0.25, 0.3) is 0 Å². The molecule has 2 rings (SSSR count). The third-order valence-electron chi connectivity index (χ3n) is 3.27. The maximum atomic E-state index is 12.5. The van der Waals surface area contributed by atoms with Gasteiger partial charge in [-0.25, -0.2) is 8.42 Å². The van der Waals surface area contributed by atoms with Crippen molar-refractivity contribution >= 4 is 9.84 Å². The van der Waals surface area contributed by atoms with Crippen molar-refractivity contribution < 1.29 is 18.6 Å².